The number of H-pyrrole nitrogens is 1. The number of hydrogen-bond donors (Lipinski definition) is 2. The lowest BCUT2D eigenvalue weighted by atomic mass is 10.0. The van der Waals surface area contributed by atoms with Crippen LogP contribution < -0.4 is 5.73 Å². The molecule has 2 aliphatic rings. The lowest BCUT2D eigenvalue weighted by molar-refractivity contribution is 0.0630. The van der Waals surface area contributed by atoms with Gasteiger partial charge in [-0.3, -0.25) is 9.89 Å². The third-order valence-corrected chi connectivity index (χ3v) is 4.09. The van der Waals surface area contributed by atoms with Crippen LogP contribution in [0, 0.1) is 0 Å². The average Bonchev–Trinajstić information content (AvgIpc) is 3.13. The summed E-state index contributed by atoms with van der Waals surface area (Å²) in [5, 5.41) is 7.09. The van der Waals surface area contributed by atoms with Crippen LogP contribution in [0.5, 0.6) is 0 Å². The number of piperidine rings is 1. The largest absolute Gasteiger partial charge is 0.395 e. The summed E-state index contributed by atoms with van der Waals surface area (Å²) in [5.74, 6) is 0.487. The number of amides is 1. The molecular formula is C13H20N4O. The minimum atomic E-state index is -0.0112. The molecular weight excluding hydrogens is 228 g/mol. The molecule has 0 aromatic carbocycles. The topological polar surface area (TPSA) is 75.0 Å². The van der Waals surface area contributed by atoms with Gasteiger partial charge in [0.15, 0.2) is 5.69 Å². The molecule has 1 atom stereocenters. The fourth-order valence-electron chi connectivity index (χ4n) is 2.75. The predicted molar refractivity (Wildman–Crippen MR) is 69.3 cm³/mol. The highest BCUT2D eigenvalue weighted by molar-refractivity contribution is 5.98. The number of likely N-dealkylation sites (tertiary alicyclic amines) is 1. The molecule has 1 aliphatic carbocycles. The Morgan fingerprint density at radius 3 is 2.83 bits per heavy atom. The molecule has 1 saturated heterocycles. The van der Waals surface area contributed by atoms with Crippen molar-refractivity contribution in [2.75, 3.05) is 12.3 Å². The Bertz CT molecular complexity index is 464. The van der Waals surface area contributed by atoms with Crippen molar-refractivity contribution >= 4 is 11.6 Å². The zero-order valence-corrected chi connectivity index (χ0v) is 10.8. The smallest absolute Gasteiger partial charge is 0.276 e. The van der Waals surface area contributed by atoms with Crippen molar-refractivity contribution in [2.45, 2.75) is 51.0 Å². The Labute approximate surface area is 107 Å². The van der Waals surface area contributed by atoms with Gasteiger partial charge in [0, 0.05) is 18.5 Å². The summed E-state index contributed by atoms with van der Waals surface area (Å²) in [6, 6.07) is 0.298. The number of nitrogens with zero attached hydrogens (tertiary/aromatic N) is 2. The fraction of sp³-hybridized carbons (Fsp3) is 0.692. The summed E-state index contributed by atoms with van der Waals surface area (Å²) < 4.78 is 0. The van der Waals surface area contributed by atoms with Crippen molar-refractivity contribution in [2.24, 2.45) is 0 Å². The maximum atomic E-state index is 12.5. The summed E-state index contributed by atoms with van der Waals surface area (Å²) in [4.78, 5) is 14.4. The van der Waals surface area contributed by atoms with Crippen LogP contribution in [0.2, 0.25) is 0 Å². The number of rotatable bonds is 2. The van der Waals surface area contributed by atoms with E-state index in [0.29, 0.717) is 23.3 Å². The second-order valence-electron chi connectivity index (χ2n) is 5.52. The molecule has 5 heteroatoms. The van der Waals surface area contributed by atoms with E-state index in [1.54, 1.807) is 0 Å². The van der Waals surface area contributed by atoms with E-state index in [2.05, 4.69) is 17.1 Å². The van der Waals surface area contributed by atoms with Gasteiger partial charge in [0.05, 0.1) is 11.4 Å². The van der Waals surface area contributed by atoms with Crippen LogP contribution in [0.15, 0.2) is 0 Å². The van der Waals surface area contributed by atoms with Crippen molar-refractivity contribution in [1.29, 1.82) is 0 Å². The molecule has 1 aromatic heterocycles. The Morgan fingerprint density at radius 2 is 2.17 bits per heavy atom. The first-order chi connectivity index (χ1) is 8.68. The van der Waals surface area contributed by atoms with Crippen LogP contribution in [0.3, 0.4) is 0 Å². The number of anilines is 1. The number of hydrogen-bond acceptors (Lipinski definition) is 3. The van der Waals surface area contributed by atoms with Gasteiger partial charge in [-0.15, -0.1) is 0 Å². The van der Waals surface area contributed by atoms with Crippen molar-refractivity contribution in [3.8, 4) is 0 Å². The van der Waals surface area contributed by atoms with Crippen LogP contribution in [-0.2, 0) is 0 Å². The monoisotopic (exact) mass is 248 g/mol. The van der Waals surface area contributed by atoms with Crippen molar-refractivity contribution < 1.29 is 4.79 Å². The van der Waals surface area contributed by atoms with Crippen LogP contribution in [0.4, 0.5) is 5.69 Å². The highest BCUT2D eigenvalue weighted by atomic mass is 16.2. The molecule has 18 heavy (non-hydrogen) atoms. The van der Waals surface area contributed by atoms with Gasteiger partial charge in [-0.05, 0) is 39.0 Å². The number of nitrogens with two attached hydrogens (primary N) is 1. The SMILES string of the molecule is CC1CCCCN1C(=O)c1n[nH]c(C2CC2)c1N. The van der Waals surface area contributed by atoms with Gasteiger partial charge >= 0.3 is 0 Å². The third kappa shape index (κ3) is 1.87. The molecule has 3 N–H and O–H groups in total. The van der Waals surface area contributed by atoms with Crippen molar-refractivity contribution in [3.05, 3.63) is 11.4 Å². The first-order valence-corrected chi connectivity index (χ1v) is 6.83. The van der Waals surface area contributed by atoms with Gasteiger partial charge in [0.2, 0.25) is 0 Å². The third-order valence-electron chi connectivity index (χ3n) is 4.09. The highest BCUT2D eigenvalue weighted by Crippen LogP contribution is 2.42. The van der Waals surface area contributed by atoms with E-state index >= 15 is 0 Å². The molecule has 1 aliphatic heterocycles. The number of carbonyl (C=O) groups excluding carboxylic acids is 1. The summed E-state index contributed by atoms with van der Waals surface area (Å²) in [7, 11) is 0. The molecule has 1 amide bonds. The van der Waals surface area contributed by atoms with Crippen LogP contribution in [0.25, 0.3) is 0 Å². The van der Waals surface area contributed by atoms with Crippen LogP contribution >= 0.6 is 0 Å². The maximum Gasteiger partial charge on any atom is 0.276 e. The average molecular weight is 248 g/mol. The fourth-order valence-corrected chi connectivity index (χ4v) is 2.75. The molecule has 5 nitrogen and oxygen atoms in total. The van der Waals surface area contributed by atoms with E-state index in [-0.39, 0.29) is 5.91 Å². The number of nitrogens with one attached hydrogen (secondary N) is 1. The van der Waals surface area contributed by atoms with Gasteiger partial charge in [0.1, 0.15) is 0 Å². The van der Waals surface area contributed by atoms with Crippen molar-refractivity contribution in [3.63, 3.8) is 0 Å². The van der Waals surface area contributed by atoms with Crippen molar-refractivity contribution in [1.82, 2.24) is 15.1 Å². The minimum absolute atomic E-state index is 0.0112. The maximum absolute atomic E-state index is 12.5. The first-order valence-electron chi connectivity index (χ1n) is 6.83. The van der Waals surface area contributed by atoms with Crippen LogP contribution in [-0.4, -0.2) is 33.6 Å². The molecule has 1 saturated carbocycles. The summed E-state index contributed by atoms with van der Waals surface area (Å²) in [6.45, 7) is 2.92. The first kappa shape index (κ1) is 11.6. The summed E-state index contributed by atoms with van der Waals surface area (Å²) in [6.07, 6.45) is 5.66. The van der Waals surface area contributed by atoms with E-state index in [4.69, 9.17) is 5.73 Å². The van der Waals surface area contributed by atoms with E-state index in [0.717, 1.165) is 37.9 Å². The van der Waals surface area contributed by atoms with Gasteiger partial charge in [-0.2, -0.15) is 5.10 Å². The Morgan fingerprint density at radius 1 is 1.39 bits per heavy atom. The predicted octanol–water partition coefficient (Wildman–Crippen LogP) is 1.88. The zero-order valence-electron chi connectivity index (χ0n) is 10.8. The van der Waals surface area contributed by atoms with Gasteiger partial charge < -0.3 is 10.6 Å². The van der Waals surface area contributed by atoms with Gasteiger partial charge in [-0.1, -0.05) is 0 Å². The Balaban J connectivity index is 1.82. The minimum Gasteiger partial charge on any atom is -0.395 e. The van der Waals surface area contributed by atoms with Gasteiger partial charge in [0.25, 0.3) is 5.91 Å². The van der Waals surface area contributed by atoms with E-state index < -0.39 is 0 Å². The molecule has 0 spiro atoms. The number of aromatic amines is 1. The molecule has 0 radical (unpaired) electrons. The number of nitrogen functional groups attached to an aromatic ring is 1. The summed E-state index contributed by atoms with van der Waals surface area (Å²) >= 11 is 0. The molecule has 0 bridgehead atoms. The lowest BCUT2D eigenvalue weighted by Crippen LogP contribution is -2.42. The molecule has 98 valence electrons. The zero-order chi connectivity index (χ0) is 12.7. The normalized spacial score (nSPS) is 24.3. The quantitative estimate of drug-likeness (QED) is 0.839. The van der Waals surface area contributed by atoms with Gasteiger partial charge in [-0.25, -0.2) is 0 Å². The molecule has 2 heterocycles. The number of carbonyl (C=O) groups is 1. The van der Waals surface area contributed by atoms with E-state index in [1.165, 1.54) is 6.42 Å². The number of aromatic nitrogens is 2. The standard InChI is InChI=1S/C13H20N4O/c1-8-4-2-3-7-17(8)13(18)12-10(14)11(15-16-12)9-5-6-9/h8-9H,2-7,14H2,1H3,(H,15,16). The molecule has 1 unspecified atom stereocenters. The molecule has 1 aromatic rings. The highest BCUT2D eigenvalue weighted by Gasteiger charge is 2.33. The molecule has 2 fully saturated rings. The summed E-state index contributed by atoms with van der Waals surface area (Å²) in [5.41, 5.74) is 8.01. The van der Waals surface area contributed by atoms with E-state index in [1.807, 2.05) is 4.90 Å². The van der Waals surface area contributed by atoms with E-state index in [9.17, 15) is 4.79 Å². The Hall–Kier alpha value is -1.52. The lowest BCUT2D eigenvalue weighted by Gasteiger charge is -2.32. The second-order valence-corrected chi connectivity index (χ2v) is 5.52. The second kappa shape index (κ2) is 4.30. The Kier molecular flexibility index (Phi) is 2.76. The van der Waals surface area contributed by atoms with Crippen LogP contribution in [0.1, 0.15) is 61.1 Å². The molecule has 3 rings (SSSR count).